The second-order valence-electron chi connectivity index (χ2n) is 9.83. The molecule has 0 saturated carbocycles. The fraction of sp³-hybridized carbons (Fsp3) is 0.524. The van der Waals surface area contributed by atoms with Crippen LogP contribution >= 0.6 is 15.6 Å². The van der Waals surface area contributed by atoms with Gasteiger partial charge in [0.05, 0.1) is 25.1 Å². The van der Waals surface area contributed by atoms with Crippen molar-refractivity contribution in [2.45, 2.75) is 49.1 Å². The number of hydrogen-bond donors (Lipinski definition) is 8. The summed E-state index contributed by atoms with van der Waals surface area (Å²) in [6, 6.07) is 0. The minimum Gasteiger partial charge on any atom is -0.387 e. The van der Waals surface area contributed by atoms with Crippen LogP contribution in [0.5, 0.6) is 0 Å². The number of nitrogens with zero attached hydrogens (tertiary/aromatic N) is 5. The fourth-order valence-corrected chi connectivity index (χ4v) is 6.80. The molecule has 10 atom stereocenters. The van der Waals surface area contributed by atoms with E-state index in [1.54, 1.807) is 6.08 Å². The number of primary amides is 1. The number of aromatic nitrogens is 4. The van der Waals surface area contributed by atoms with Gasteiger partial charge in [0.25, 0.3) is 0 Å². The number of amides is 1. The first kappa shape index (κ1) is 32.5. The summed E-state index contributed by atoms with van der Waals surface area (Å²) in [7, 11) is -10.7. The van der Waals surface area contributed by atoms with E-state index < -0.39 is 83.8 Å². The maximum Gasteiger partial charge on any atom is 0.481 e. The zero-order chi connectivity index (χ0) is 32.0. The van der Waals surface area contributed by atoms with E-state index in [4.69, 9.17) is 30.0 Å². The van der Waals surface area contributed by atoms with Crippen LogP contribution in [0.15, 0.2) is 36.6 Å². The van der Waals surface area contributed by atoms with Gasteiger partial charge in [0, 0.05) is 12.7 Å². The summed E-state index contributed by atoms with van der Waals surface area (Å²) in [6.07, 6.45) is -5.04. The average molecular weight is 665 g/mol. The Kier molecular flexibility index (Phi) is 9.23. The Morgan fingerprint density at radius 2 is 1.55 bits per heavy atom. The van der Waals surface area contributed by atoms with Crippen molar-refractivity contribution in [3.63, 3.8) is 0 Å². The number of aliphatic hydroxyl groups is 4. The Morgan fingerprint density at radius 1 is 0.955 bits per heavy atom. The molecule has 2 aromatic heterocycles. The highest BCUT2D eigenvalue weighted by molar-refractivity contribution is 7.61. The maximum absolute atomic E-state index is 12.4. The highest BCUT2D eigenvalue weighted by Gasteiger charge is 2.48. The summed E-state index contributed by atoms with van der Waals surface area (Å²) in [5.41, 5.74) is 11.5. The number of nitrogen functional groups attached to an aromatic ring is 1. The maximum atomic E-state index is 12.4. The summed E-state index contributed by atoms with van der Waals surface area (Å²) >= 11 is 0. The summed E-state index contributed by atoms with van der Waals surface area (Å²) < 4.78 is 50.9. The van der Waals surface area contributed by atoms with Gasteiger partial charge in [-0.05, 0) is 0 Å². The van der Waals surface area contributed by atoms with Gasteiger partial charge in [-0.3, -0.25) is 18.4 Å². The minimum atomic E-state index is -5.36. The first-order valence-electron chi connectivity index (χ1n) is 12.7. The van der Waals surface area contributed by atoms with Gasteiger partial charge in [-0.25, -0.2) is 24.1 Å². The van der Waals surface area contributed by atoms with Crippen LogP contribution in [-0.2, 0) is 36.8 Å². The van der Waals surface area contributed by atoms with Gasteiger partial charge < -0.3 is 56.1 Å². The highest BCUT2D eigenvalue weighted by atomic mass is 31.3. The van der Waals surface area contributed by atoms with E-state index in [-0.39, 0.29) is 29.1 Å². The number of phosphoric acid groups is 2. The van der Waals surface area contributed by atoms with Gasteiger partial charge >= 0.3 is 15.6 Å². The molecule has 0 radical (unpaired) electrons. The number of hydrogen-bond acceptors (Lipinski definition) is 17. The normalized spacial score (nSPS) is 33.3. The molecule has 2 aromatic rings. The third-order valence-electron chi connectivity index (χ3n) is 6.88. The van der Waals surface area contributed by atoms with E-state index in [0.717, 1.165) is 6.33 Å². The molecule has 3 aliphatic heterocycles. The molecule has 242 valence electrons. The van der Waals surface area contributed by atoms with Crippen LogP contribution in [0.2, 0.25) is 0 Å². The second-order valence-corrected chi connectivity index (χ2v) is 12.9. The molecule has 5 rings (SSSR count). The molecule has 3 aliphatic rings. The lowest BCUT2D eigenvalue weighted by Crippen LogP contribution is -2.42. The Hall–Kier alpha value is -2.88. The van der Waals surface area contributed by atoms with Gasteiger partial charge in [-0.2, -0.15) is 4.31 Å². The monoisotopic (exact) mass is 665 g/mol. The van der Waals surface area contributed by atoms with Gasteiger partial charge in [0.2, 0.25) is 5.91 Å². The fourth-order valence-electron chi connectivity index (χ4n) is 4.71. The van der Waals surface area contributed by atoms with Crippen molar-refractivity contribution >= 4 is 38.5 Å². The van der Waals surface area contributed by atoms with Gasteiger partial charge in [-0.15, -0.1) is 0 Å². The van der Waals surface area contributed by atoms with Crippen LogP contribution in [0.4, 0.5) is 5.82 Å². The lowest BCUT2D eigenvalue weighted by atomic mass is 10.1. The van der Waals surface area contributed by atoms with Crippen molar-refractivity contribution in [1.29, 1.82) is 0 Å². The molecule has 0 spiro atoms. The molecule has 21 nitrogen and oxygen atoms in total. The first-order valence-corrected chi connectivity index (χ1v) is 15.7. The van der Waals surface area contributed by atoms with E-state index in [1.165, 1.54) is 28.1 Å². The van der Waals surface area contributed by atoms with Crippen molar-refractivity contribution in [3.8, 4) is 0 Å². The Labute approximate surface area is 247 Å². The molecule has 44 heavy (non-hydrogen) atoms. The molecule has 0 aromatic carbocycles. The zero-order valence-electron chi connectivity index (χ0n) is 22.4. The summed E-state index contributed by atoms with van der Waals surface area (Å²) in [5, 5.41) is 41.7. The predicted octanol–water partition coefficient (Wildman–Crippen LogP) is -3.03. The standard InChI is InChI=1S/C21H29N7O14P2/c22-17-12-19(25-7-24-17)28(8-26-12)21-16(32)14(30)11(41-21)6-39-44(36,37)42-43(34,35)38-5-10-13(29)15(31)20(40-10)27-3-1-2-9(4-27)18(23)33/h1-2,4,7-8,10-11,13-16,20-21,29-32H,3,5-6H2,(H2,23,33)(H,34,35)(H,36,37)(H2,22,24,25)/t10-,11-,13-,14-,15-,16-,20-,21-/m1/s1. The van der Waals surface area contributed by atoms with Crippen LogP contribution in [0, 0.1) is 0 Å². The molecule has 10 N–H and O–H groups in total. The molecule has 2 saturated heterocycles. The van der Waals surface area contributed by atoms with Crippen molar-refractivity contribution in [3.05, 3.63) is 36.6 Å². The summed E-state index contributed by atoms with van der Waals surface area (Å²) in [5.74, 6) is -0.693. The van der Waals surface area contributed by atoms with E-state index >= 15 is 0 Å². The topological polar surface area (TPSA) is 318 Å². The quantitative estimate of drug-likeness (QED) is 0.111. The van der Waals surface area contributed by atoms with Gasteiger partial charge in [-0.1, -0.05) is 12.2 Å². The van der Waals surface area contributed by atoms with Gasteiger partial charge in [0.1, 0.15) is 48.5 Å². The smallest absolute Gasteiger partial charge is 0.387 e. The largest absolute Gasteiger partial charge is 0.481 e. The second kappa shape index (κ2) is 12.5. The lowest BCUT2D eigenvalue weighted by molar-refractivity contribution is -0.114. The number of ether oxygens (including phenoxy) is 2. The number of rotatable bonds is 11. The molecular formula is C21H29N7O14P2. The van der Waals surface area contributed by atoms with Crippen LogP contribution in [0.25, 0.3) is 11.2 Å². The Bertz CT molecular complexity index is 1560. The van der Waals surface area contributed by atoms with Gasteiger partial charge in [0.15, 0.2) is 23.9 Å². The van der Waals surface area contributed by atoms with E-state index in [0.29, 0.717) is 0 Å². The van der Waals surface area contributed by atoms with Crippen molar-refractivity contribution in [2.75, 3.05) is 25.5 Å². The van der Waals surface area contributed by atoms with Crippen molar-refractivity contribution < 1.29 is 67.0 Å². The minimum absolute atomic E-state index is 0.0519. The summed E-state index contributed by atoms with van der Waals surface area (Å²) in [4.78, 5) is 44.7. The van der Waals surface area contributed by atoms with Crippen molar-refractivity contribution in [2.24, 2.45) is 5.73 Å². The third-order valence-corrected chi connectivity index (χ3v) is 9.48. The number of aliphatic hydroxyl groups excluding tert-OH is 4. The SMILES string of the molecule is NC(=O)C1=CN([C@@H]2O[C@H](COP(=O)(O)OP(=O)(O)OC[C@H]3O[C@@H](n4cnc5c(N)ncnc54)[C@H](O)[C@@H]3O)[C@@H](O)[C@H]2O)CC=C1. The Morgan fingerprint density at radius 3 is 2.16 bits per heavy atom. The van der Waals surface area contributed by atoms with E-state index in [9.17, 15) is 44.1 Å². The zero-order valence-corrected chi connectivity index (χ0v) is 24.2. The molecule has 0 aliphatic carbocycles. The number of phosphoric ester groups is 2. The number of anilines is 1. The Balaban J connectivity index is 1.15. The lowest BCUT2D eigenvalue weighted by Gasteiger charge is -2.30. The van der Waals surface area contributed by atoms with E-state index in [1.807, 2.05) is 0 Å². The number of carbonyl (C=O) groups excluding carboxylic acids is 1. The number of imidazole rings is 1. The van der Waals surface area contributed by atoms with Crippen LogP contribution < -0.4 is 11.5 Å². The first-order chi connectivity index (χ1) is 20.7. The third kappa shape index (κ3) is 6.70. The molecule has 2 fully saturated rings. The molecule has 1 amide bonds. The van der Waals surface area contributed by atoms with Crippen LogP contribution in [0.1, 0.15) is 6.23 Å². The number of fused-ring (bicyclic) bond motifs is 1. The molecule has 5 heterocycles. The average Bonchev–Trinajstić information content (AvgIpc) is 3.61. The highest BCUT2D eigenvalue weighted by Crippen LogP contribution is 2.60. The van der Waals surface area contributed by atoms with Crippen LogP contribution in [0.3, 0.4) is 0 Å². The predicted molar refractivity (Wildman–Crippen MR) is 142 cm³/mol. The molecular weight excluding hydrogens is 636 g/mol. The molecule has 23 heteroatoms. The molecule has 2 unspecified atom stereocenters. The number of nitrogens with two attached hydrogens (primary N) is 2. The van der Waals surface area contributed by atoms with Crippen molar-refractivity contribution in [1.82, 2.24) is 24.4 Å². The summed E-state index contributed by atoms with van der Waals surface area (Å²) in [6.45, 7) is -1.61. The molecule has 0 bridgehead atoms. The van der Waals surface area contributed by atoms with Crippen LogP contribution in [-0.4, -0.2) is 123 Å². The van der Waals surface area contributed by atoms with E-state index in [2.05, 4.69) is 19.3 Å². The number of carbonyl (C=O) groups is 1.